The predicted octanol–water partition coefficient (Wildman–Crippen LogP) is 2.97. The summed E-state index contributed by atoms with van der Waals surface area (Å²) in [5.74, 6) is -1.50. The lowest BCUT2D eigenvalue weighted by Crippen LogP contribution is -2.48. The zero-order valence-electron chi connectivity index (χ0n) is 19.0. The Morgan fingerprint density at radius 1 is 1.06 bits per heavy atom. The minimum atomic E-state index is -0.798. The number of fused-ring (bicyclic) bond motifs is 1. The van der Waals surface area contributed by atoms with Crippen molar-refractivity contribution in [1.29, 1.82) is 0 Å². The fourth-order valence-electron chi connectivity index (χ4n) is 4.75. The number of amides is 2. The van der Waals surface area contributed by atoms with E-state index in [1.807, 2.05) is 24.3 Å². The number of halogens is 1. The zero-order chi connectivity index (χ0) is 24.1. The molecule has 0 saturated carbocycles. The summed E-state index contributed by atoms with van der Waals surface area (Å²) in [6.45, 7) is 1.87. The first-order chi connectivity index (χ1) is 16.4. The van der Waals surface area contributed by atoms with Crippen LogP contribution in [0.2, 0.25) is 5.02 Å². The van der Waals surface area contributed by atoms with Crippen molar-refractivity contribution >= 4 is 29.4 Å². The smallest absolute Gasteiger partial charge is 0.306 e. The molecule has 2 aromatic carbocycles. The van der Waals surface area contributed by atoms with Gasteiger partial charge in [0, 0.05) is 43.5 Å². The Bertz CT molecular complexity index is 1030. The standard InChI is InChI=1S/C26H30ClN3O4/c27-22-7-5-17(6-8-22)21(14-24(31)30-11-9-18(10-12-30)26(33)34)16-29-25(32)23-13-19-3-1-2-4-20(19)15-28-23/h1-8,18,21,23,28H,9-16H2,(H,29,32)(H,33,34). The fourth-order valence-corrected chi connectivity index (χ4v) is 4.87. The molecule has 0 aliphatic carbocycles. The Balaban J connectivity index is 1.38. The van der Waals surface area contributed by atoms with Gasteiger partial charge in [-0.15, -0.1) is 0 Å². The van der Waals surface area contributed by atoms with Crippen LogP contribution in [0, 0.1) is 5.92 Å². The molecule has 7 nitrogen and oxygen atoms in total. The lowest BCUT2D eigenvalue weighted by atomic mass is 9.92. The highest BCUT2D eigenvalue weighted by Gasteiger charge is 2.29. The van der Waals surface area contributed by atoms with Crippen LogP contribution < -0.4 is 10.6 Å². The zero-order valence-corrected chi connectivity index (χ0v) is 19.8. The second kappa shape index (κ2) is 11.0. The molecule has 180 valence electrons. The van der Waals surface area contributed by atoms with Gasteiger partial charge in [-0.2, -0.15) is 0 Å². The van der Waals surface area contributed by atoms with E-state index in [2.05, 4.69) is 22.8 Å². The third kappa shape index (κ3) is 5.96. The van der Waals surface area contributed by atoms with Gasteiger partial charge in [-0.25, -0.2) is 0 Å². The molecule has 34 heavy (non-hydrogen) atoms. The maximum absolute atomic E-state index is 13.0. The van der Waals surface area contributed by atoms with Gasteiger partial charge in [0.2, 0.25) is 11.8 Å². The van der Waals surface area contributed by atoms with Crippen LogP contribution in [-0.2, 0) is 27.3 Å². The minimum Gasteiger partial charge on any atom is -0.481 e. The van der Waals surface area contributed by atoms with Gasteiger partial charge in [-0.05, 0) is 48.1 Å². The van der Waals surface area contributed by atoms with Crippen molar-refractivity contribution < 1.29 is 19.5 Å². The van der Waals surface area contributed by atoms with Crippen LogP contribution in [0.5, 0.6) is 0 Å². The monoisotopic (exact) mass is 483 g/mol. The van der Waals surface area contributed by atoms with E-state index in [0.29, 0.717) is 50.5 Å². The largest absolute Gasteiger partial charge is 0.481 e. The number of carboxylic acids is 1. The molecule has 2 heterocycles. The lowest BCUT2D eigenvalue weighted by molar-refractivity contribution is -0.145. The second-order valence-corrected chi connectivity index (χ2v) is 9.53. The molecule has 1 saturated heterocycles. The summed E-state index contributed by atoms with van der Waals surface area (Å²) >= 11 is 6.05. The number of likely N-dealkylation sites (tertiary alicyclic amines) is 1. The average Bonchev–Trinajstić information content (AvgIpc) is 2.86. The molecule has 2 aliphatic heterocycles. The van der Waals surface area contributed by atoms with Crippen LogP contribution in [0.1, 0.15) is 41.9 Å². The first-order valence-corrected chi connectivity index (χ1v) is 12.1. The van der Waals surface area contributed by atoms with Crippen molar-refractivity contribution in [3.63, 3.8) is 0 Å². The van der Waals surface area contributed by atoms with Crippen LogP contribution in [0.25, 0.3) is 0 Å². The number of carboxylic acid groups (broad SMARTS) is 1. The van der Waals surface area contributed by atoms with E-state index in [0.717, 1.165) is 5.56 Å². The maximum atomic E-state index is 13.0. The molecule has 3 N–H and O–H groups in total. The van der Waals surface area contributed by atoms with Crippen LogP contribution in [0.3, 0.4) is 0 Å². The van der Waals surface area contributed by atoms with E-state index in [-0.39, 0.29) is 36.1 Å². The Kier molecular flexibility index (Phi) is 7.85. The van der Waals surface area contributed by atoms with Gasteiger partial charge in [0.05, 0.1) is 12.0 Å². The summed E-state index contributed by atoms with van der Waals surface area (Å²) < 4.78 is 0. The van der Waals surface area contributed by atoms with Gasteiger partial charge >= 0.3 is 5.97 Å². The molecule has 0 bridgehead atoms. The number of rotatable bonds is 7. The van der Waals surface area contributed by atoms with Crippen molar-refractivity contribution in [3.05, 3.63) is 70.2 Å². The van der Waals surface area contributed by atoms with E-state index in [4.69, 9.17) is 11.6 Å². The highest BCUT2D eigenvalue weighted by atomic mass is 35.5. The van der Waals surface area contributed by atoms with Gasteiger partial charge in [-0.1, -0.05) is 48.0 Å². The Morgan fingerprint density at radius 3 is 2.41 bits per heavy atom. The van der Waals surface area contributed by atoms with Crippen molar-refractivity contribution in [3.8, 4) is 0 Å². The first-order valence-electron chi connectivity index (χ1n) is 11.7. The summed E-state index contributed by atoms with van der Waals surface area (Å²) in [6, 6.07) is 15.1. The normalized spacial score (nSPS) is 19.2. The molecule has 0 spiro atoms. The Labute approximate surface area is 204 Å². The number of hydrogen-bond acceptors (Lipinski definition) is 4. The third-order valence-corrected chi connectivity index (χ3v) is 7.13. The molecule has 0 aromatic heterocycles. The SMILES string of the molecule is O=C(O)C1CCN(C(=O)CC(CNC(=O)C2Cc3ccccc3CN2)c2ccc(Cl)cc2)CC1. The van der Waals surface area contributed by atoms with Crippen molar-refractivity contribution in [2.45, 2.75) is 44.2 Å². The number of hydrogen-bond donors (Lipinski definition) is 3. The minimum absolute atomic E-state index is 0.0252. The predicted molar refractivity (Wildman–Crippen MR) is 130 cm³/mol. The highest BCUT2D eigenvalue weighted by Crippen LogP contribution is 2.25. The number of piperidine rings is 1. The molecule has 1 fully saturated rings. The van der Waals surface area contributed by atoms with Gasteiger partial charge in [-0.3, -0.25) is 14.4 Å². The molecule has 4 rings (SSSR count). The molecule has 0 radical (unpaired) electrons. The number of nitrogens with zero attached hydrogens (tertiary/aromatic N) is 1. The number of carbonyl (C=O) groups excluding carboxylic acids is 2. The fraction of sp³-hybridized carbons (Fsp3) is 0.423. The van der Waals surface area contributed by atoms with E-state index >= 15 is 0 Å². The number of aliphatic carboxylic acids is 1. The van der Waals surface area contributed by atoms with Crippen molar-refractivity contribution in [2.24, 2.45) is 5.92 Å². The van der Waals surface area contributed by atoms with Crippen LogP contribution in [-0.4, -0.2) is 53.5 Å². The van der Waals surface area contributed by atoms with E-state index in [1.165, 1.54) is 11.1 Å². The molecule has 2 aliphatic rings. The summed E-state index contributed by atoms with van der Waals surface area (Å²) in [5.41, 5.74) is 3.32. The first kappa shape index (κ1) is 24.2. The van der Waals surface area contributed by atoms with Gasteiger partial charge in [0.15, 0.2) is 0 Å². The number of benzene rings is 2. The number of nitrogens with one attached hydrogen (secondary N) is 2. The summed E-state index contributed by atoms with van der Waals surface area (Å²) in [5, 5.41) is 16.2. The Morgan fingerprint density at radius 2 is 1.74 bits per heavy atom. The van der Waals surface area contributed by atoms with Crippen molar-refractivity contribution in [2.75, 3.05) is 19.6 Å². The molecule has 2 aromatic rings. The summed E-state index contributed by atoms with van der Waals surface area (Å²) in [7, 11) is 0. The summed E-state index contributed by atoms with van der Waals surface area (Å²) in [6.07, 6.45) is 1.81. The number of carbonyl (C=O) groups is 3. The van der Waals surface area contributed by atoms with E-state index < -0.39 is 5.97 Å². The van der Waals surface area contributed by atoms with Crippen LogP contribution in [0.4, 0.5) is 0 Å². The molecule has 2 unspecified atom stereocenters. The van der Waals surface area contributed by atoms with Gasteiger partial charge < -0.3 is 20.6 Å². The van der Waals surface area contributed by atoms with Gasteiger partial charge in [0.25, 0.3) is 0 Å². The quantitative estimate of drug-likeness (QED) is 0.562. The molecular formula is C26H30ClN3O4. The average molecular weight is 484 g/mol. The Hall–Kier alpha value is -2.90. The summed E-state index contributed by atoms with van der Waals surface area (Å²) in [4.78, 5) is 38.9. The molecule has 8 heteroatoms. The topological polar surface area (TPSA) is 98.7 Å². The van der Waals surface area contributed by atoms with Crippen molar-refractivity contribution in [1.82, 2.24) is 15.5 Å². The molecule has 2 amide bonds. The maximum Gasteiger partial charge on any atom is 0.306 e. The van der Waals surface area contributed by atoms with Crippen LogP contribution in [0.15, 0.2) is 48.5 Å². The second-order valence-electron chi connectivity index (χ2n) is 9.10. The molecular weight excluding hydrogens is 454 g/mol. The lowest BCUT2D eigenvalue weighted by Gasteiger charge is -2.31. The molecule has 2 atom stereocenters. The van der Waals surface area contributed by atoms with E-state index in [1.54, 1.807) is 17.0 Å². The van der Waals surface area contributed by atoms with E-state index in [9.17, 15) is 19.5 Å². The third-order valence-electron chi connectivity index (χ3n) is 6.88. The van der Waals surface area contributed by atoms with Gasteiger partial charge in [0.1, 0.15) is 0 Å². The van der Waals surface area contributed by atoms with Crippen LogP contribution >= 0.6 is 11.6 Å². The highest BCUT2D eigenvalue weighted by molar-refractivity contribution is 6.30.